The molecule has 0 radical (unpaired) electrons. The molecule has 4 aromatic carbocycles. The van der Waals surface area contributed by atoms with Crippen molar-refractivity contribution in [1.82, 2.24) is 17.2 Å². The molecule has 17 heteroatoms. The zero-order chi connectivity index (χ0) is 44.2. The van der Waals surface area contributed by atoms with Gasteiger partial charge >= 0.3 is 0 Å². The molecule has 2 aliphatic carbocycles. The van der Waals surface area contributed by atoms with Crippen molar-refractivity contribution >= 4 is 58.0 Å². The first-order valence-corrected chi connectivity index (χ1v) is 24.1. The summed E-state index contributed by atoms with van der Waals surface area (Å²) in [4.78, 5) is 11.5. The van der Waals surface area contributed by atoms with E-state index in [1.54, 1.807) is 68.7 Å². The number of allylic oxidation sites excluding steroid dienone is 3. The lowest BCUT2D eigenvalue weighted by Crippen LogP contribution is -2.22. The molecular weight excluding hydrogens is 833 g/mol. The Morgan fingerprint density at radius 3 is 1.49 bits per heavy atom. The molecule has 0 spiro atoms. The zero-order valence-electron chi connectivity index (χ0n) is 35.0. The van der Waals surface area contributed by atoms with Gasteiger partial charge in [0.15, 0.2) is 0 Å². The van der Waals surface area contributed by atoms with E-state index in [0.29, 0.717) is 23.2 Å². The minimum Gasteiger partial charge on any atom is -0.298 e. The Hall–Kier alpha value is -4.33. The number of rotatable bonds is 11. The Labute approximate surface area is 350 Å². The smallest absolute Gasteiger partial charge is 0.242 e. The number of aldehydes is 1. The van der Waals surface area contributed by atoms with Crippen molar-refractivity contribution in [3.63, 3.8) is 0 Å². The van der Waals surface area contributed by atoms with Crippen LogP contribution in [0.25, 0.3) is 11.6 Å². The van der Waals surface area contributed by atoms with E-state index in [4.69, 9.17) is 0 Å². The molecule has 2 aliphatic rings. The van der Waals surface area contributed by atoms with Crippen LogP contribution in [-0.2, 0) is 59.4 Å². The Bertz CT molecular complexity index is 2760. The first kappa shape index (κ1) is 47.3. The predicted octanol–water partition coefficient (Wildman–Crippen LogP) is 5.41. The van der Waals surface area contributed by atoms with Gasteiger partial charge in [0.2, 0.25) is 40.1 Å². The molecule has 0 saturated carbocycles. The third-order valence-electron chi connectivity index (χ3n) is 9.75. The van der Waals surface area contributed by atoms with Gasteiger partial charge in [0.05, 0.1) is 19.6 Å². The zero-order valence-corrected chi connectivity index (χ0v) is 38.2. The molecule has 59 heavy (non-hydrogen) atoms. The van der Waals surface area contributed by atoms with E-state index in [0.717, 1.165) is 45.0 Å². The summed E-state index contributed by atoms with van der Waals surface area (Å²) < 4.78 is 102. The molecule has 0 unspecified atom stereocenters. The molecule has 0 aromatic heterocycles. The highest BCUT2D eigenvalue weighted by atomic mass is 32.2. The lowest BCUT2D eigenvalue weighted by atomic mass is 9.98. The normalized spacial score (nSPS) is 14.1. The third-order valence-corrected chi connectivity index (χ3v) is 17.0. The second-order valence-electron chi connectivity index (χ2n) is 14.9. The van der Waals surface area contributed by atoms with Gasteiger partial charge in [-0.3, -0.25) is 4.79 Å². The lowest BCUT2D eigenvalue weighted by molar-refractivity contribution is 0.112. The summed E-state index contributed by atoms with van der Waals surface area (Å²) in [6.45, 7) is 4.09. The number of fused-ring (bicyclic) bond motifs is 2. The maximum atomic E-state index is 12.5. The number of benzene rings is 4. The summed E-state index contributed by atoms with van der Waals surface area (Å²) >= 11 is 0. The van der Waals surface area contributed by atoms with Gasteiger partial charge in [-0.15, -0.1) is 0 Å². The largest absolute Gasteiger partial charge is 0.298 e. The van der Waals surface area contributed by atoms with E-state index in [-0.39, 0.29) is 14.7 Å². The second-order valence-corrected chi connectivity index (χ2v) is 23.6. The topological polar surface area (TPSA) is 167 Å². The first-order chi connectivity index (χ1) is 27.3. The summed E-state index contributed by atoms with van der Waals surface area (Å²) in [5, 5.41) is 0. The quantitative estimate of drug-likeness (QED) is 0.179. The van der Waals surface area contributed by atoms with Gasteiger partial charge in [-0.1, -0.05) is 53.6 Å². The van der Waals surface area contributed by atoms with E-state index >= 15 is 0 Å². The number of nitrogens with zero attached hydrogens (tertiary/aromatic N) is 4. The van der Waals surface area contributed by atoms with Gasteiger partial charge < -0.3 is 0 Å². The highest BCUT2D eigenvalue weighted by Crippen LogP contribution is 2.37. The van der Waals surface area contributed by atoms with Crippen LogP contribution in [0.5, 0.6) is 0 Å². The fourth-order valence-corrected chi connectivity index (χ4v) is 10.1. The van der Waals surface area contributed by atoms with Gasteiger partial charge in [0.25, 0.3) is 0 Å². The molecule has 0 aliphatic heterocycles. The summed E-state index contributed by atoms with van der Waals surface area (Å²) in [7, 11) is -1.75. The summed E-state index contributed by atoms with van der Waals surface area (Å²) in [5.41, 5.74) is 8.96. The van der Waals surface area contributed by atoms with Crippen LogP contribution < -0.4 is 0 Å². The minimum atomic E-state index is -3.52. The SMILES string of the molecule is CC1=C(Cc2cccc(S(=O)(=O)N(C)C)c2)c2cc(S(=O)(=O)N(C)C)ccc2C1.CC1=Cc2cc(S(=O)(=O)N(C)C)ccc2C1.CN(C)S(=O)(=O)c1cccc(C=O)c1. The van der Waals surface area contributed by atoms with E-state index in [1.165, 1.54) is 84.0 Å². The van der Waals surface area contributed by atoms with Crippen molar-refractivity contribution in [2.24, 2.45) is 0 Å². The van der Waals surface area contributed by atoms with Gasteiger partial charge in [-0.05, 0) is 115 Å². The van der Waals surface area contributed by atoms with Crippen LogP contribution >= 0.6 is 0 Å². The minimum absolute atomic E-state index is 0.132. The molecule has 0 fully saturated rings. The third kappa shape index (κ3) is 10.7. The Balaban J connectivity index is 0.000000216. The predicted molar refractivity (Wildman–Crippen MR) is 232 cm³/mol. The molecule has 0 amide bonds. The van der Waals surface area contributed by atoms with Gasteiger partial charge in [0.1, 0.15) is 6.29 Å². The molecule has 0 N–H and O–H groups in total. The van der Waals surface area contributed by atoms with Crippen molar-refractivity contribution in [2.75, 3.05) is 56.4 Å². The molecule has 0 saturated heterocycles. The highest BCUT2D eigenvalue weighted by Gasteiger charge is 2.25. The Morgan fingerprint density at radius 2 is 0.983 bits per heavy atom. The molecule has 0 heterocycles. The maximum Gasteiger partial charge on any atom is 0.242 e. The summed E-state index contributed by atoms with van der Waals surface area (Å²) in [6, 6.07) is 23.4. The molecule has 0 bridgehead atoms. The fraction of sp³-hybridized carbons (Fsp3) is 0.310. The summed E-state index contributed by atoms with van der Waals surface area (Å²) in [5.74, 6) is 0. The van der Waals surface area contributed by atoms with Crippen molar-refractivity contribution in [3.05, 3.63) is 129 Å². The molecule has 6 rings (SSSR count). The van der Waals surface area contributed by atoms with Gasteiger partial charge in [-0.2, -0.15) is 0 Å². The molecular formula is C42H52N4O9S4. The highest BCUT2D eigenvalue weighted by molar-refractivity contribution is 7.90. The van der Waals surface area contributed by atoms with Crippen molar-refractivity contribution in [2.45, 2.75) is 52.7 Å². The van der Waals surface area contributed by atoms with Crippen LogP contribution in [0.3, 0.4) is 0 Å². The molecule has 4 aromatic rings. The monoisotopic (exact) mass is 884 g/mol. The van der Waals surface area contributed by atoms with Crippen molar-refractivity contribution in [3.8, 4) is 0 Å². The van der Waals surface area contributed by atoms with E-state index in [1.807, 2.05) is 31.2 Å². The van der Waals surface area contributed by atoms with Gasteiger partial charge in [0, 0.05) is 61.9 Å². The average molecular weight is 885 g/mol. The van der Waals surface area contributed by atoms with E-state index < -0.39 is 40.1 Å². The molecule has 318 valence electrons. The lowest BCUT2D eigenvalue weighted by Gasteiger charge is -2.15. The maximum absolute atomic E-state index is 12.5. The van der Waals surface area contributed by atoms with Crippen molar-refractivity contribution in [1.29, 1.82) is 0 Å². The van der Waals surface area contributed by atoms with Crippen molar-refractivity contribution < 1.29 is 38.5 Å². The van der Waals surface area contributed by atoms with Crippen LogP contribution in [0.15, 0.2) is 116 Å². The Morgan fingerprint density at radius 1 is 0.525 bits per heavy atom. The van der Waals surface area contributed by atoms with E-state index in [9.17, 15) is 38.5 Å². The van der Waals surface area contributed by atoms with E-state index in [2.05, 4.69) is 6.92 Å². The number of sulfonamides is 4. The standard InChI is InChI=1S/C21H26N2O4S2.C12H15NO2S.C9H11NO3S/c1-15-11-17-9-10-19(29(26,27)23(4)5)14-21(17)20(15)13-16-7-6-8-18(12-16)28(24,25)22(2)3;1-9-6-10-4-5-12(8-11(10)7-9)16(14,15)13(2)3;1-10(2)14(12,13)9-5-3-4-8(6-9)7-11/h6-10,12,14H,11,13H2,1-5H3;4-5,7-8H,6H2,1-3H3;3-7H,1-2H3. The fourth-order valence-electron chi connectivity index (χ4n) is 6.28. The second kappa shape index (κ2) is 18.5. The number of hydrogen-bond donors (Lipinski definition) is 0. The first-order valence-electron chi connectivity index (χ1n) is 18.3. The number of carbonyl (C=O) groups excluding carboxylic acids is 1. The van der Waals surface area contributed by atoms with Gasteiger partial charge in [-0.25, -0.2) is 50.9 Å². The Kier molecular flexibility index (Phi) is 14.9. The van der Waals surface area contributed by atoms with Crippen LogP contribution in [0.1, 0.15) is 52.0 Å². The van der Waals surface area contributed by atoms with Crippen LogP contribution in [0.2, 0.25) is 0 Å². The van der Waals surface area contributed by atoms with Crippen LogP contribution in [0, 0.1) is 0 Å². The number of carbonyl (C=O) groups is 1. The molecule has 13 nitrogen and oxygen atoms in total. The van der Waals surface area contributed by atoms with Crippen LogP contribution in [-0.4, -0.2) is 114 Å². The summed E-state index contributed by atoms with van der Waals surface area (Å²) in [6.07, 6.45) is 4.90. The number of hydrogen-bond acceptors (Lipinski definition) is 9. The van der Waals surface area contributed by atoms with Crippen LogP contribution in [0.4, 0.5) is 0 Å². The average Bonchev–Trinajstić information content (AvgIpc) is 3.71. The molecule has 0 atom stereocenters.